The zero-order valence-electron chi connectivity index (χ0n) is 11.9. The molecule has 3 aromatic rings. The standard InChI is InChI=1S/C18H12BrCl2NS/c19-11-5-6-15-13(8-11)17(20)14(18(21)22-15)9-12-7-10-3-1-2-4-16(10)23-12/h1-8,18,22H,9H2. The fourth-order valence-corrected chi connectivity index (χ4v) is 4.95. The topological polar surface area (TPSA) is 12.0 Å². The Hall–Kier alpha value is -1.00. The quantitative estimate of drug-likeness (QED) is 0.350. The summed E-state index contributed by atoms with van der Waals surface area (Å²) < 4.78 is 2.29. The van der Waals surface area contributed by atoms with Gasteiger partial charge in [-0.1, -0.05) is 57.3 Å². The molecule has 116 valence electrons. The molecule has 5 heteroatoms. The van der Waals surface area contributed by atoms with Gasteiger partial charge in [-0.15, -0.1) is 11.3 Å². The van der Waals surface area contributed by atoms with Gasteiger partial charge in [-0.05, 0) is 41.3 Å². The lowest BCUT2D eigenvalue weighted by Gasteiger charge is -2.26. The predicted octanol–water partition coefficient (Wildman–Crippen LogP) is 6.85. The zero-order chi connectivity index (χ0) is 16.0. The normalized spacial score (nSPS) is 17.3. The van der Waals surface area contributed by atoms with Crippen molar-refractivity contribution in [3.05, 3.63) is 69.0 Å². The molecule has 0 aliphatic carbocycles. The van der Waals surface area contributed by atoms with Crippen molar-refractivity contribution in [1.29, 1.82) is 0 Å². The van der Waals surface area contributed by atoms with E-state index in [4.69, 9.17) is 23.2 Å². The number of halogens is 3. The van der Waals surface area contributed by atoms with E-state index in [-0.39, 0.29) is 5.50 Å². The molecule has 1 aliphatic rings. The molecule has 0 saturated heterocycles. The summed E-state index contributed by atoms with van der Waals surface area (Å²) in [5, 5.41) is 5.34. The molecule has 23 heavy (non-hydrogen) atoms. The second-order valence-corrected chi connectivity index (χ2v) is 8.36. The van der Waals surface area contributed by atoms with Crippen molar-refractivity contribution in [3.8, 4) is 0 Å². The number of rotatable bonds is 2. The lowest BCUT2D eigenvalue weighted by molar-refractivity contribution is 1.03. The van der Waals surface area contributed by atoms with Crippen LogP contribution in [0.3, 0.4) is 0 Å². The van der Waals surface area contributed by atoms with Crippen molar-refractivity contribution in [2.45, 2.75) is 11.9 Å². The Kier molecular flexibility index (Phi) is 4.14. The molecule has 0 bridgehead atoms. The summed E-state index contributed by atoms with van der Waals surface area (Å²) in [5.41, 5.74) is 2.69. The maximum Gasteiger partial charge on any atom is 0.125 e. The molecule has 1 nitrogen and oxygen atoms in total. The van der Waals surface area contributed by atoms with Gasteiger partial charge in [0.05, 0.1) is 5.03 Å². The van der Waals surface area contributed by atoms with Crippen LogP contribution in [0.5, 0.6) is 0 Å². The molecule has 0 amide bonds. The molecular weight excluding hydrogens is 413 g/mol. The van der Waals surface area contributed by atoms with Crippen molar-refractivity contribution >= 4 is 71.3 Å². The summed E-state index contributed by atoms with van der Waals surface area (Å²) in [6.07, 6.45) is 0.755. The van der Waals surface area contributed by atoms with Gasteiger partial charge in [0.2, 0.25) is 0 Å². The van der Waals surface area contributed by atoms with E-state index >= 15 is 0 Å². The molecule has 0 fully saturated rings. The minimum atomic E-state index is -0.290. The van der Waals surface area contributed by atoms with Crippen molar-refractivity contribution in [1.82, 2.24) is 0 Å². The summed E-state index contributed by atoms with van der Waals surface area (Å²) >= 11 is 18.5. The van der Waals surface area contributed by atoms with Crippen LogP contribution in [0, 0.1) is 0 Å². The van der Waals surface area contributed by atoms with E-state index in [0.29, 0.717) is 0 Å². The molecule has 4 rings (SSSR count). The monoisotopic (exact) mass is 423 g/mol. The smallest absolute Gasteiger partial charge is 0.125 e. The molecule has 1 N–H and O–H groups in total. The highest BCUT2D eigenvalue weighted by atomic mass is 79.9. The second-order valence-electron chi connectivity index (χ2n) is 5.46. The van der Waals surface area contributed by atoms with Gasteiger partial charge in [0, 0.05) is 31.7 Å². The lowest BCUT2D eigenvalue weighted by atomic mass is 10.0. The van der Waals surface area contributed by atoms with Crippen LogP contribution in [0.25, 0.3) is 15.1 Å². The predicted molar refractivity (Wildman–Crippen MR) is 106 cm³/mol. The van der Waals surface area contributed by atoms with Gasteiger partial charge in [-0.25, -0.2) is 0 Å². The Labute approximate surface area is 157 Å². The summed E-state index contributed by atoms with van der Waals surface area (Å²) in [7, 11) is 0. The first-order valence-corrected chi connectivity index (χ1v) is 9.61. The Bertz CT molecular complexity index is 899. The van der Waals surface area contributed by atoms with Crippen molar-refractivity contribution in [3.63, 3.8) is 0 Å². The molecule has 1 aliphatic heterocycles. The van der Waals surface area contributed by atoms with E-state index < -0.39 is 0 Å². The van der Waals surface area contributed by atoms with E-state index in [1.807, 2.05) is 18.2 Å². The highest BCUT2D eigenvalue weighted by molar-refractivity contribution is 9.10. The molecule has 1 atom stereocenters. The SMILES string of the molecule is ClC1=C(Cc2cc3ccccc3s2)C(Cl)Nc2ccc(Br)cc21. The number of benzene rings is 2. The van der Waals surface area contributed by atoms with E-state index in [9.17, 15) is 0 Å². The fourth-order valence-electron chi connectivity index (χ4n) is 2.81. The van der Waals surface area contributed by atoms with Crippen LogP contribution in [0.2, 0.25) is 0 Å². The number of anilines is 1. The Balaban J connectivity index is 1.76. The van der Waals surface area contributed by atoms with Crippen molar-refractivity contribution in [2.24, 2.45) is 0 Å². The molecule has 0 radical (unpaired) electrons. The Morgan fingerprint density at radius 3 is 2.78 bits per heavy atom. The fraction of sp³-hybridized carbons (Fsp3) is 0.111. The van der Waals surface area contributed by atoms with E-state index in [0.717, 1.165) is 32.7 Å². The highest BCUT2D eigenvalue weighted by Gasteiger charge is 2.25. The number of nitrogens with one attached hydrogen (secondary N) is 1. The third kappa shape index (κ3) is 2.91. The van der Waals surface area contributed by atoms with Gasteiger partial charge < -0.3 is 5.32 Å². The summed E-state index contributed by atoms with van der Waals surface area (Å²) in [6.45, 7) is 0. The molecule has 1 unspecified atom stereocenters. The number of thiophene rings is 1. The van der Waals surface area contributed by atoms with Gasteiger partial charge in [0.25, 0.3) is 0 Å². The van der Waals surface area contributed by atoms with Gasteiger partial charge in [0.15, 0.2) is 0 Å². The average molecular weight is 425 g/mol. The van der Waals surface area contributed by atoms with E-state index in [1.54, 1.807) is 11.3 Å². The minimum Gasteiger partial charge on any atom is -0.365 e. The molecule has 0 saturated carbocycles. The van der Waals surface area contributed by atoms with Crippen molar-refractivity contribution in [2.75, 3.05) is 5.32 Å². The van der Waals surface area contributed by atoms with Crippen LogP contribution >= 0.6 is 50.5 Å². The number of fused-ring (bicyclic) bond motifs is 2. The first kappa shape index (κ1) is 15.5. The molecular formula is C18H12BrCl2NS. The first-order valence-electron chi connectivity index (χ1n) is 7.18. The number of hydrogen-bond acceptors (Lipinski definition) is 2. The van der Waals surface area contributed by atoms with E-state index in [2.05, 4.69) is 51.6 Å². The second kappa shape index (κ2) is 6.14. The third-order valence-corrected chi connectivity index (χ3v) is 6.36. The maximum atomic E-state index is 6.67. The number of alkyl halides is 1. The first-order chi connectivity index (χ1) is 11.1. The summed E-state index contributed by atoms with van der Waals surface area (Å²) in [5.74, 6) is 0. The van der Waals surface area contributed by atoms with Crippen LogP contribution < -0.4 is 5.32 Å². The molecule has 0 spiro atoms. The summed E-state index contributed by atoms with van der Waals surface area (Å²) in [4.78, 5) is 1.27. The van der Waals surface area contributed by atoms with Crippen LogP contribution in [-0.4, -0.2) is 5.50 Å². The maximum absolute atomic E-state index is 6.67. The highest BCUT2D eigenvalue weighted by Crippen LogP contribution is 2.41. The van der Waals surface area contributed by atoms with Crippen molar-refractivity contribution < 1.29 is 0 Å². The largest absolute Gasteiger partial charge is 0.365 e. The lowest BCUT2D eigenvalue weighted by Crippen LogP contribution is -2.22. The van der Waals surface area contributed by atoms with Gasteiger partial charge in [-0.3, -0.25) is 0 Å². The minimum absolute atomic E-state index is 0.290. The molecule has 2 aromatic carbocycles. The summed E-state index contributed by atoms with van der Waals surface area (Å²) in [6, 6.07) is 16.6. The zero-order valence-corrected chi connectivity index (χ0v) is 15.9. The van der Waals surface area contributed by atoms with E-state index in [1.165, 1.54) is 15.0 Å². The van der Waals surface area contributed by atoms with Crippen LogP contribution in [0.15, 0.2) is 58.6 Å². The van der Waals surface area contributed by atoms with Gasteiger partial charge in [-0.2, -0.15) is 0 Å². The molecule has 2 heterocycles. The average Bonchev–Trinajstić information content (AvgIpc) is 2.95. The molecule has 1 aromatic heterocycles. The van der Waals surface area contributed by atoms with Crippen LogP contribution in [0.4, 0.5) is 5.69 Å². The Morgan fingerprint density at radius 1 is 1.13 bits per heavy atom. The number of hydrogen-bond donors (Lipinski definition) is 1. The third-order valence-electron chi connectivity index (χ3n) is 3.93. The van der Waals surface area contributed by atoms with Gasteiger partial charge in [0.1, 0.15) is 5.50 Å². The Morgan fingerprint density at radius 2 is 1.96 bits per heavy atom. The van der Waals surface area contributed by atoms with Crippen LogP contribution in [0.1, 0.15) is 10.4 Å². The van der Waals surface area contributed by atoms with Gasteiger partial charge >= 0.3 is 0 Å². The van der Waals surface area contributed by atoms with Crippen LogP contribution in [-0.2, 0) is 6.42 Å².